The molecule has 0 bridgehead atoms. The van der Waals surface area contributed by atoms with Crippen LogP contribution in [0.1, 0.15) is 5.56 Å². The lowest BCUT2D eigenvalue weighted by atomic mass is 10.2. The van der Waals surface area contributed by atoms with Gasteiger partial charge >= 0.3 is 0 Å². The van der Waals surface area contributed by atoms with Crippen LogP contribution in [0.4, 0.5) is 0 Å². The molecule has 0 spiro atoms. The van der Waals surface area contributed by atoms with Gasteiger partial charge in [-0.15, -0.1) is 0 Å². The van der Waals surface area contributed by atoms with Gasteiger partial charge in [0.15, 0.2) is 0 Å². The van der Waals surface area contributed by atoms with Crippen LogP contribution in [0.2, 0.25) is 5.02 Å². The maximum atomic E-state index is 12.4. The monoisotopic (exact) mass is 338 g/mol. The molecule has 0 heterocycles. The highest BCUT2D eigenvalue weighted by Gasteiger charge is 2.26. The van der Waals surface area contributed by atoms with Crippen molar-refractivity contribution >= 4 is 38.8 Å². The van der Waals surface area contributed by atoms with E-state index in [0.29, 0.717) is 5.56 Å². The van der Waals surface area contributed by atoms with Crippen LogP contribution in [0.15, 0.2) is 23.1 Å². The van der Waals surface area contributed by atoms with Gasteiger partial charge in [-0.3, -0.25) is 0 Å². The number of benzene rings is 1. The summed E-state index contributed by atoms with van der Waals surface area (Å²) in [4.78, 5) is -0.0144. The topological polar surface area (TPSA) is 104 Å². The fraction of sp³-hybridized carbons (Fsp3) is 0.364. The molecule has 1 aromatic carbocycles. The molecule has 1 aromatic rings. The highest BCUT2D eigenvalue weighted by atomic mass is 35.5. The van der Waals surface area contributed by atoms with Crippen LogP contribution >= 0.6 is 23.8 Å². The second-order valence-corrected chi connectivity index (χ2v) is 6.61. The Labute approximate surface area is 127 Å². The number of hydrogen-bond donors (Lipinski definition) is 3. The average molecular weight is 339 g/mol. The second-order valence-electron chi connectivity index (χ2n) is 3.86. The normalized spacial score (nSPS) is 11.8. The Morgan fingerprint density at radius 3 is 2.25 bits per heavy atom. The van der Waals surface area contributed by atoms with Crippen LogP contribution < -0.4 is 5.73 Å². The molecule has 0 aliphatic rings. The Kier molecular flexibility index (Phi) is 6.31. The van der Waals surface area contributed by atoms with Gasteiger partial charge in [0.1, 0.15) is 9.88 Å². The van der Waals surface area contributed by atoms with Crippen molar-refractivity contribution in [1.29, 1.82) is 0 Å². The van der Waals surface area contributed by atoms with E-state index in [1.165, 1.54) is 18.2 Å². The van der Waals surface area contributed by atoms with E-state index in [1.54, 1.807) is 0 Å². The Morgan fingerprint density at radius 1 is 1.30 bits per heavy atom. The standard InChI is InChI=1S/C11H15ClN2O4S2/c12-9-7-8(11(13)19)1-2-10(9)20(17,18)14(3-5-15)4-6-16/h1-2,7,15-16H,3-6H2,(H2,13,19). The molecule has 0 aliphatic carbocycles. The van der Waals surface area contributed by atoms with Crippen molar-refractivity contribution in [3.8, 4) is 0 Å². The predicted octanol–water partition coefficient (Wildman–Crippen LogP) is -0.0505. The third kappa shape index (κ3) is 3.87. The summed E-state index contributed by atoms with van der Waals surface area (Å²) < 4.78 is 25.7. The maximum absolute atomic E-state index is 12.4. The van der Waals surface area contributed by atoms with Gasteiger partial charge in [-0.1, -0.05) is 29.9 Å². The Hall–Kier alpha value is -0.770. The molecular formula is C11H15ClN2O4S2. The van der Waals surface area contributed by atoms with Crippen molar-refractivity contribution in [1.82, 2.24) is 4.31 Å². The third-order valence-corrected chi connectivity index (χ3v) is 5.15. The van der Waals surface area contributed by atoms with Crippen LogP contribution in [0, 0.1) is 0 Å². The maximum Gasteiger partial charge on any atom is 0.244 e. The van der Waals surface area contributed by atoms with Gasteiger partial charge in [0.05, 0.1) is 18.2 Å². The molecule has 0 amide bonds. The van der Waals surface area contributed by atoms with Crippen LogP contribution in [-0.4, -0.2) is 54.2 Å². The number of nitrogens with zero attached hydrogens (tertiary/aromatic N) is 1. The number of hydrogen-bond acceptors (Lipinski definition) is 5. The number of nitrogens with two attached hydrogens (primary N) is 1. The van der Waals surface area contributed by atoms with Gasteiger partial charge in [-0.25, -0.2) is 8.42 Å². The third-order valence-electron chi connectivity index (χ3n) is 2.53. The van der Waals surface area contributed by atoms with Gasteiger partial charge in [0, 0.05) is 18.7 Å². The van der Waals surface area contributed by atoms with Gasteiger partial charge in [-0.05, 0) is 12.1 Å². The molecule has 0 radical (unpaired) electrons. The molecule has 0 atom stereocenters. The Balaban J connectivity index is 3.23. The summed E-state index contributed by atoms with van der Waals surface area (Å²) in [5, 5.41) is 17.8. The van der Waals surface area contributed by atoms with Crippen molar-refractivity contribution in [2.75, 3.05) is 26.3 Å². The first-order chi connectivity index (χ1) is 9.34. The number of halogens is 1. The average Bonchev–Trinajstić information content (AvgIpc) is 2.37. The molecule has 0 unspecified atom stereocenters. The molecule has 0 aromatic heterocycles. The molecule has 0 fully saturated rings. The molecular weight excluding hydrogens is 324 g/mol. The van der Waals surface area contributed by atoms with E-state index in [9.17, 15) is 8.42 Å². The number of thiocarbonyl (C=S) groups is 1. The van der Waals surface area contributed by atoms with Gasteiger partial charge in [0.2, 0.25) is 10.0 Å². The van der Waals surface area contributed by atoms with Gasteiger partial charge in [-0.2, -0.15) is 4.31 Å². The lowest BCUT2D eigenvalue weighted by Crippen LogP contribution is -2.36. The van der Waals surface area contributed by atoms with E-state index < -0.39 is 10.0 Å². The van der Waals surface area contributed by atoms with E-state index in [-0.39, 0.29) is 41.2 Å². The van der Waals surface area contributed by atoms with E-state index in [0.717, 1.165) is 4.31 Å². The number of aliphatic hydroxyl groups is 2. The molecule has 9 heteroatoms. The van der Waals surface area contributed by atoms with E-state index in [4.69, 9.17) is 39.8 Å². The molecule has 1 rings (SSSR count). The lowest BCUT2D eigenvalue weighted by Gasteiger charge is -2.21. The quantitative estimate of drug-likeness (QED) is 0.602. The summed E-state index contributed by atoms with van der Waals surface area (Å²) in [7, 11) is -3.90. The predicted molar refractivity (Wildman–Crippen MR) is 80.3 cm³/mol. The summed E-state index contributed by atoms with van der Waals surface area (Å²) in [6.07, 6.45) is 0. The first kappa shape index (κ1) is 17.3. The fourth-order valence-electron chi connectivity index (χ4n) is 1.58. The minimum Gasteiger partial charge on any atom is -0.395 e. The Bertz CT molecular complexity index is 586. The SMILES string of the molecule is NC(=S)c1ccc(S(=O)(=O)N(CCO)CCO)c(Cl)c1. The molecule has 20 heavy (non-hydrogen) atoms. The number of sulfonamides is 1. The molecule has 6 nitrogen and oxygen atoms in total. The summed E-state index contributed by atoms with van der Waals surface area (Å²) in [5.74, 6) is 0. The second kappa shape index (κ2) is 7.30. The summed E-state index contributed by atoms with van der Waals surface area (Å²) in [5.41, 5.74) is 5.90. The molecule has 0 saturated carbocycles. The first-order valence-electron chi connectivity index (χ1n) is 5.65. The van der Waals surface area contributed by atoms with E-state index in [1.807, 2.05) is 0 Å². The van der Waals surface area contributed by atoms with Crippen LogP contribution in [-0.2, 0) is 10.0 Å². The molecule has 0 saturated heterocycles. The van der Waals surface area contributed by atoms with Crippen molar-refractivity contribution < 1.29 is 18.6 Å². The van der Waals surface area contributed by atoms with E-state index in [2.05, 4.69) is 0 Å². The minimum atomic E-state index is -3.90. The lowest BCUT2D eigenvalue weighted by molar-refractivity contribution is 0.217. The summed E-state index contributed by atoms with van der Waals surface area (Å²) in [6.45, 7) is -0.976. The van der Waals surface area contributed by atoms with Crippen molar-refractivity contribution in [2.24, 2.45) is 5.73 Å². The molecule has 112 valence electrons. The smallest absolute Gasteiger partial charge is 0.244 e. The minimum absolute atomic E-state index is 0.0174. The highest BCUT2D eigenvalue weighted by Crippen LogP contribution is 2.25. The van der Waals surface area contributed by atoms with Crippen LogP contribution in [0.3, 0.4) is 0 Å². The zero-order chi connectivity index (χ0) is 15.3. The zero-order valence-electron chi connectivity index (χ0n) is 10.5. The van der Waals surface area contributed by atoms with Crippen LogP contribution in [0.25, 0.3) is 0 Å². The van der Waals surface area contributed by atoms with Crippen molar-refractivity contribution in [2.45, 2.75) is 4.90 Å². The summed E-state index contributed by atoms with van der Waals surface area (Å²) >= 11 is 10.7. The number of aliphatic hydroxyl groups excluding tert-OH is 2. The van der Waals surface area contributed by atoms with Gasteiger partial charge < -0.3 is 15.9 Å². The van der Waals surface area contributed by atoms with Crippen LogP contribution in [0.5, 0.6) is 0 Å². The van der Waals surface area contributed by atoms with Crippen molar-refractivity contribution in [3.63, 3.8) is 0 Å². The molecule has 0 aliphatic heterocycles. The van der Waals surface area contributed by atoms with E-state index >= 15 is 0 Å². The molecule has 4 N–H and O–H groups in total. The fourth-order valence-corrected chi connectivity index (χ4v) is 3.65. The summed E-state index contributed by atoms with van der Waals surface area (Å²) in [6, 6.07) is 4.12. The highest BCUT2D eigenvalue weighted by molar-refractivity contribution is 7.89. The zero-order valence-corrected chi connectivity index (χ0v) is 12.9. The van der Waals surface area contributed by atoms with Gasteiger partial charge in [0.25, 0.3) is 0 Å². The number of rotatable bonds is 7. The first-order valence-corrected chi connectivity index (χ1v) is 7.88. The van der Waals surface area contributed by atoms with Crippen molar-refractivity contribution in [3.05, 3.63) is 28.8 Å². The Morgan fingerprint density at radius 2 is 1.85 bits per heavy atom. The largest absolute Gasteiger partial charge is 0.395 e.